The highest BCUT2D eigenvalue weighted by molar-refractivity contribution is 6.20. The first-order valence-corrected chi connectivity index (χ1v) is 5.70. The standard InChI is InChI=1S/C10H18ClN3O/c1-5-14(6-7(2)3)10-13-12-9(15-10)8(4)11/h7-8H,5-6H2,1-4H3. The van der Waals surface area contributed by atoms with Crippen LogP contribution in [-0.2, 0) is 0 Å². The molecule has 0 bridgehead atoms. The Morgan fingerprint density at radius 3 is 2.40 bits per heavy atom. The first-order valence-electron chi connectivity index (χ1n) is 5.27. The highest BCUT2D eigenvalue weighted by Gasteiger charge is 2.16. The van der Waals surface area contributed by atoms with Gasteiger partial charge in [0.25, 0.3) is 0 Å². The fourth-order valence-electron chi connectivity index (χ4n) is 1.30. The number of alkyl halides is 1. The molecule has 0 N–H and O–H groups in total. The van der Waals surface area contributed by atoms with E-state index in [1.54, 1.807) is 0 Å². The van der Waals surface area contributed by atoms with Gasteiger partial charge in [-0.25, -0.2) is 0 Å². The number of hydrogen-bond acceptors (Lipinski definition) is 4. The van der Waals surface area contributed by atoms with Gasteiger partial charge in [0.2, 0.25) is 5.89 Å². The summed E-state index contributed by atoms with van der Waals surface area (Å²) in [6.07, 6.45) is 0. The van der Waals surface area contributed by atoms with Gasteiger partial charge in [-0.2, -0.15) is 0 Å². The maximum atomic E-state index is 5.86. The minimum atomic E-state index is -0.232. The third-order valence-electron chi connectivity index (χ3n) is 2.01. The molecule has 1 aromatic heterocycles. The van der Waals surface area contributed by atoms with Gasteiger partial charge in [-0.1, -0.05) is 18.9 Å². The minimum Gasteiger partial charge on any atom is -0.406 e. The Bertz CT molecular complexity index is 299. The number of halogens is 1. The average molecular weight is 232 g/mol. The highest BCUT2D eigenvalue weighted by Crippen LogP contribution is 2.21. The summed E-state index contributed by atoms with van der Waals surface area (Å²) in [5.74, 6) is 1.04. The van der Waals surface area contributed by atoms with Crippen molar-refractivity contribution in [1.29, 1.82) is 0 Å². The molecule has 15 heavy (non-hydrogen) atoms. The Labute approximate surface area is 95.6 Å². The van der Waals surface area contributed by atoms with Crippen LogP contribution < -0.4 is 4.90 Å². The average Bonchev–Trinajstić information content (AvgIpc) is 2.62. The van der Waals surface area contributed by atoms with Gasteiger partial charge in [0.15, 0.2) is 0 Å². The molecular weight excluding hydrogens is 214 g/mol. The predicted octanol–water partition coefficient (Wildman–Crippen LogP) is 2.85. The van der Waals surface area contributed by atoms with Gasteiger partial charge < -0.3 is 9.32 Å². The topological polar surface area (TPSA) is 42.2 Å². The first-order chi connectivity index (χ1) is 7.04. The van der Waals surface area contributed by atoms with Gasteiger partial charge in [-0.15, -0.1) is 16.7 Å². The smallest absolute Gasteiger partial charge is 0.318 e. The molecule has 1 heterocycles. The lowest BCUT2D eigenvalue weighted by atomic mass is 10.2. The monoisotopic (exact) mass is 231 g/mol. The van der Waals surface area contributed by atoms with Crippen LogP contribution in [0.25, 0.3) is 0 Å². The van der Waals surface area contributed by atoms with E-state index < -0.39 is 0 Å². The molecule has 0 amide bonds. The summed E-state index contributed by atoms with van der Waals surface area (Å²) in [5, 5.41) is 7.66. The fourth-order valence-corrected chi connectivity index (χ4v) is 1.39. The third kappa shape index (κ3) is 3.38. The van der Waals surface area contributed by atoms with Gasteiger partial charge in [-0.3, -0.25) is 0 Å². The molecule has 0 fully saturated rings. The molecule has 0 radical (unpaired) electrons. The van der Waals surface area contributed by atoms with Crippen LogP contribution in [0.3, 0.4) is 0 Å². The van der Waals surface area contributed by atoms with Gasteiger partial charge in [-0.05, 0) is 19.8 Å². The van der Waals surface area contributed by atoms with Crippen LogP contribution in [0.5, 0.6) is 0 Å². The first kappa shape index (κ1) is 12.3. The van der Waals surface area contributed by atoms with Crippen LogP contribution in [0.2, 0.25) is 0 Å². The van der Waals surface area contributed by atoms with Crippen LogP contribution in [0.1, 0.15) is 39.0 Å². The normalized spacial score (nSPS) is 13.2. The molecule has 0 saturated heterocycles. The maximum absolute atomic E-state index is 5.86. The van der Waals surface area contributed by atoms with Gasteiger partial charge in [0.05, 0.1) is 0 Å². The van der Waals surface area contributed by atoms with E-state index in [-0.39, 0.29) is 5.38 Å². The van der Waals surface area contributed by atoms with Crippen LogP contribution >= 0.6 is 11.6 Å². The van der Waals surface area contributed by atoms with E-state index in [2.05, 4.69) is 35.9 Å². The largest absolute Gasteiger partial charge is 0.406 e. The summed E-state index contributed by atoms with van der Waals surface area (Å²) in [4.78, 5) is 2.06. The molecule has 0 saturated carbocycles. The van der Waals surface area contributed by atoms with Crippen molar-refractivity contribution in [1.82, 2.24) is 10.2 Å². The third-order valence-corrected chi connectivity index (χ3v) is 2.19. The van der Waals surface area contributed by atoms with E-state index in [4.69, 9.17) is 16.0 Å². The summed E-state index contributed by atoms with van der Waals surface area (Å²) < 4.78 is 5.47. The van der Waals surface area contributed by atoms with Crippen molar-refractivity contribution in [2.24, 2.45) is 5.92 Å². The second-order valence-electron chi connectivity index (χ2n) is 3.97. The van der Waals surface area contributed by atoms with Crippen LogP contribution in [0.15, 0.2) is 4.42 Å². The number of nitrogens with zero attached hydrogens (tertiary/aromatic N) is 3. The molecule has 1 atom stereocenters. The molecule has 1 unspecified atom stereocenters. The Morgan fingerprint density at radius 1 is 1.33 bits per heavy atom. The van der Waals surface area contributed by atoms with Crippen molar-refractivity contribution in [3.8, 4) is 0 Å². The van der Waals surface area contributed by atoms with Gasteiger partial charge in [0.1, 0.15) is 5.38 Å². The number of rotatable bonds is 5. The Balaban J connectivity index is 2.74. The van der Waals surface area contributed by atoms with Crippen molar-refractivity contribution in [3.05, 3.63) is 5.89 Å². The zero-order valence-corrected chi connectivity index (χ0v) is 10.5. The molecule has 0 aliphatic heterocycles. The minimum absolute atomic E-state index is 0.232. The second kappa shape index (κ2) is 5.35. The van der Waals surface area contributed by atoms with Crippen molar-refractivity contribution in [2.45, 2.75) is 33.1 Å². The second-order valence-corrected chi connectivity index (χ2v) is 4.63. The summed E-state index contributed by atoms with van der Waals surface area (Å²) >= 11 is 5.86. The molecular formula is C10H18ClN3O. The van der Waals surface area contributed by atoms with Crippen molar-refractivity contribution >= 4 is 17.6 Å². The summed E-state index contributed by atoms with van der Waals surface area (Å²) in [6, 6.07) is 0.564. The lowest BCUT2D eigenvalue weighted by Crippen LogP contribution is -2.27. The van der Waals surface area contributed by atoms with Gasteiger partial charge >= 0.3 is 6.01 Å². The van der Waals surface area contributed by atoms with Crippen LogP contribution in [0.4, 0.5) is 6.01 Å². The molecule has 0 aromatic carbocycles. The Hall–Kier alpha value is -0.770. The number of aromatic nitrogens is 2. The number of hydrogen-bond donors (Lipinski definition) is 0. The molecule has 4 nitrogen and oxygen atoms in total. The zero-order chi connectivity index (χ0) is 11.4. The quantitative estimate of drug-likeness (QED) is 0.731. The van der Waals surface area contributed by atoms with Crippen LogP contribution in [-0.4, -0.2) is 23.3 Å². The SMILES string of the molecule is CCN(CC(C)C)c1nnc(C(C)Cl)o1. The molecule has 86 valence electrons. The lowest BCUT2D eigenvalue weighted by Gasteiger charge is -2.19. The predicted molar refractivity (Wildman–Crippen MR) is 61.3 cm³/mol. The molecule has 5 heteroatoms. The molecule has 0 aliphatic carbocycles. The highest BCUT2D eigenvalue weighted by atomic mass is 35.5. The van der Waals surface area contributed by atoms with Gasteiger partial charge in [0, 0.05) is 13.1 Å². The number of anilines is 1. The Kier molecular flexibility index (Phi) is 4.39. The van der Waals surface area contributed by atoms with Crippen molar-refractivity contribution in [3.63, 3.8) is 0 Å². The summed E-state index contributed by atoms with van der Waals surface area (Å²) in [5.41, 5.74) is 0. The van der Waals surface area contributed by atoms with E-state index in [0.717, 1.165) is 13.1 Å². The van der Waals surface area contributed by atoms with E-state index in [0.29, 0.717) is 17.8 Å². The zero-order valence-electron chi connectivity index (χ0n) is 9.70. The van der Waals surface area contributed by atoms with Crippen LogP contribution in [0, 0.1) is 5.92 Å². The fraction of sp³-hybridized carbons (Fsp3) is 0.800. The summed E-state index contributed by atoms with van der Waals surface area (Å²) in [7, 11) is 0. The lowest BCUT2D eigenvalue weighted by molar-refractivity contribution is 0.473. The molecule has 0 spiro atoms. The molecule has 1 rings (SSSR count). The van der Waals surface area contributed by atoms with E-state index in [9.17, 15) is 0 Å². The molecule has 0 aliphatic rings. The van der Waals surface area contributed by atoms with E-state index in [1.807, 2.05) is 6.92 Å². The summed E-state index contributed by atoms with van der Waals surface area (Å²) in [6.45, 7) is 9.97. The van der Waals surface area contributed by atoms with Crippen molar-refractivity contribution in [2.75, 3.05) is 18.0 Å². The van der Waals surface area contributed by atoms with E-state index in [1.165, 1.54) is 0 Å². The Morgan fingerprint density at radius 2 is 2.00 bits per heavy atom. The van der Waals surface area contributed by atoms with E-state index >= 15 is 0 Å². The van der Waals surface area contributed by atoms with Crippen molar-refractivity contribution < 1.29 is 4.42 Å². The molecule has 1 aromatic rings. The maximum Gasteiger partial charge on any atom is 0.318 e.